The smallest absolute Gasteiger partial charge is 0.179 e. The normalized spacial score (nSPS) is 10.9. The lowest BCUT2D eigenvalue weighted by molar-refractivity contribution is 0.881. The van der Waals surface area contributed by atoms with Crippen molar-refractivity contribution in [2.24, 2.45) is 0 Å². The molecule has 0 radical (unpaired) electrons. The van der Waals surface area contributed by atoms with Gasteiger partial charge in [-0.25, -0.2) is 15.1 Å². The standard InChI is InChI=1S/C21H14ClN7/c22-16-5-2-6-17(11-16)25-21-18-10-14(7-8-19(18)23-12-24-21)13-3-1-4-15(9-13)20-26-28-29-27-20/h1-12H,(H,23,24,25)(H,26,27,28,29). The molecule has 2 aromatic heterocycles. The van der Waals surface area contributed by atoms with Crippen LogP contribution in [0.1, 0.15) is 0 Å². The Balaban J connectivity index is 1.57. The summed E-state index contributed by atoms with van der Waals surface area (Å²) in [6.07, 6.45) is 1.55. The van der Waals surface area contributed by atoms with Gasteiger partial charge in [-0.3, -0.25) is 0 Å². The first kappa shape index (κ1) is 17.3. The summed E-state index contributed by atoms with van der Waals surface area (Å²) in [6.45, 7) is 0. The number of fused-ring (bicyclic) bond motifs is 1. The first-order valence-corrected chi connectivity index (χ1v) is 9.26. The molecule has 29 heavy (non-hydrogen) atoms. The van der Waals surface area contributed by atoms with Crippen LogP contribution in [0.15, 0.2) is 73.1 Å². The summed E-state index contributed by atoms with van der Waals surface area (Å²) in [4.78, 5) is 8.81. The number of hydrogen-bond acceptors (Lipinski definition) is 6. The van der Waals surface area contributed by atoms with Gasteiger partial charge in [0.1, 0.15) is 12.1 Å². The van der Waals surface area contributed by atoms with Gasteiger partial charge in [0.05, 0.1) is 5.52 Å². The van der Waals surface area contributed by atoms with Crippen LogP contribution >= 0.6 is 11.6 Å². The average molecular weight is 400 g/mol. The monoisotopic (exact) mass is 399 g/mol. The molecule has 8 heteroatoms. The highest BCUT2D eigenvalue weighted by Gasteiger charge is 2.09. The molecule has 0 amide bonds. The van der Waals surface area contributed by atoms with E-state index in [2.05, 4.69) is 42.0 Å². The van der Waals surface area contributed by atoms with Gasteiger partial charge < -0.3 is 5.32 Å². The van der Waals surface area contributed by atoms with E-state index in [1.54, 1.807) is 6.33 Å². The number of nitrogens with one attached hydrogen (secondary N) is 2. The van der Waals surface area contributed by atoms with E-state index in [1.807, 2.05) is 60.7 Å². The molecule has 0 atom stereocenters. The van der Waals surface area contributed by atoms with E-state index in [9.17, 15) is 0 Å². The molecule has 0 fully saturated rings. The van der Waals surface area contributed by atoms with Crippen molar-refractivity contribution in [3.63, 3.8) is 0 Å². The molecule has 0 aliphatic carbocycles. The predicted molar refractivity (Wildman–Crippen MR) is 113 cm³/mol. The number of benzene rings is 3. The van der Waals surface area contributed by atoms with Crippen molar-refractivity contribution in [2.75, 3.05) is 5.32 Å². The van der Waals surface area contributed by atoms with E-state index in [1.165, 1.54) is 0 Å². The molecule has 140 valence electrons. The predicted octanol–water partition coefficient (Wildman–Crippen LogP) is 4.87. The Morgan fingerprint density at radius 3 is 2.55 bits per heavy atom. The molecular formula is C21H14ClN7. The fourth-order valence-corrected chi connectivity index (χ4v) is 3.36. The van der Waals surface area contributed by atoms with E-state index in [0.717, 1.165) is 39.1 Å². The molecule has 3 aromatic carbocycles. The Hall–Kier alpha value is -3.84. The van der Waals surface area contributed by atoms with Crippen LogP contribution in [0.5, 0.6) is 0 Å². The van der Waals surface area contributed by atoms with Crippen LogP contribution in [0.3, 0.4) is 0 Å². The fraction of sp³-hybridized carbons (Fsp3) is 0. The summed E-state index contributed by atoms with van der Waals surface area (Å²) < 4.78 is 0. The van der Waals surface area contributed by atoms with Crippen LogP contribution < -0.4 is 5.32 Å². The lowest BCUT2D eigenvalue weighted by Crippen LogP contribution is -1.96. The van der Waals surface area contributed by atoms with Gasteiger partial charge in [0.15, 0.2) is 5.82 Å². The first-order valence-electron chi connectivity index (χ1n) is 8.88. The molecule has 7 nitrogen and oxygen atoms in total. The molecule has 0 bridgehead atoms. The van der Waals surface area contributed by atoms with Gasteiger partial charge in [0.25, 0.3) is 0 Å². The molecule has 0 saturated carbocycles. The number of anilines is 2. The third kappa shape index (κ3) is 3.51. The molecule has 0 aliphatic heterocycles. The number of tetrazole rings is 1. The van der Waals surface area contributed by atoms with Crippen molar-refractivity contribution in [3.8, 4) is 22.5 Å². The first-order chi connectivity index (χ1) is 14.3. The molecule has 0 spiro atoms. The highest BCUT2D eigenvalue weighted by molar-refractivity contribution is 6.30. The topological polar surface area (TPSA) is 92.3 Å². The quantitative estimate of drug-likeness (QED) is 0.447. The lowest BCUT2D eigenvalue weighted by Gasteiger charge is -2.10. The zero-order valence-corrected chi connectivity index (χ0v) is 15.8. The molecular weight excluding hydrogens is 386 g/mol. The number of H-pyrrole nitrogens is 1. The van der Waals surface area contributed by atoms with E-state index >= 15 is 0 Å². The highest BCUT2D eigenvalue weighted by atomic mass is 35.5. The van der Waals surface area contributed by atoms with Gasteiger partial charge in [-0.05, 0) is 58.0 Å². The minimum absolute atomic E-state index is 0.624. The Labute approximate surface area is 170 Å². The van der Waals surface area contributed by atoms with Gasteiger partial charge >= 0.3 is 0 Å². The maximum Gasteiger partial charge on any atom is 0.179 e. The van der Waals surface area contributed by atoms with Gasteiger partial charge in [0.2, 0.25) is 0 Å². The van der Waals surface area contributed by atoms with E-state index in [-0.39, 0.29) is 0 Å². The second-order valence-corrected chi connectivity index (χ2v) is 6.86. The van der Waals surface area contributed by atoms with Gasteiger partial charge in [-0.2, -0.15) is 0 Å². The molecule has 0 unspecified atom stereocenters. The number of nitrogens with zero attached hydrogens (tertiary/aromatic N) is 5. The SMILES string of the molecule is Clc1cccc(Nc2ncnc3ccc(-c4cccc(-c5nnn[nH]5)c4)cc23)c1. The van der Waals surface area contributed by atoms with Crippen LogP contribution in [0, 0.1) is 0 Å². The summed E-state index contributed by atoms with van der Waals surface area (Å²) >= 11 is 6.10. The van der Waals surface area contributed by atoms with Gasteiger partial charge in [-0.1, -0.05) is 41.9 Å². The minimum Gasteiger partial charge on any atom is -0.340 e. The zero-order chi connectivity index (χ0) is 19.6. The maximum absolute atomic E-state index is 6.10. The van der Waals surface area contributed by atoms with Crippen molar-refractivity contribution >= 4 is 34.0 Å². The van der Waals surface area contributed by atoms with Crippen LogP contribution in [-0.4, -0.2) is 30.6 Å². The largest absolute Gasteiger partial charge is 0.340 e. The molecule has 2 N–H and O–H groups in total. The number of hydrogen-bond donors (Lipinski definition) is 2. The molecule has 5 rings (SSSR count). The van der Waals surface area contributed by atoms with E-state index in [4.69, 9.17) is 11.6 Å². The third-order valence-corrected chi connectivity index (χ3v) is 4.77. The van der Waals surface area contributed by atoms with Crippen molar-refractivity contribution in [1.82, 2.24) is 30.6 Å². The number of aromatic amines is 1. The summed E-state index contributed by atoms with van der Waals surface area (Å²) in [6, 6.07) is 21.6. The number of halogens is 1. The molecule has 5 aromatic rings. The number of rotatable bonds is 4. The summed E-state index contributed by atoms with van der Waals surface area (Å²) in [5.74, 6) is 1.34. The Morgan fingerprint density at radius 1 is 0.828 bits per heavy atom. The summed E-state index contributed by atoms with van der Waals surface area (Å²) in [5.41, 5.74) is 4.70. The third-order valence-electron chi connectivity index (χ3n) is 4.54. The van der Waals surface area contributed by atoms with Crippen LogP contribution in [0.25, 0.3) is 33.4 Å². The van der Waals surface area contributed by atoms with Crippen LogP contribution in [0.2, 0.25) is 5.02 Å². The Morgan fingerprint density at radius 2 is 1.69 bits per heavy atom. The minimum atomic E-state index is 0.624. The fourth-order valence-electron chi connectivity index (χ4n) is 3.17. The average Bonchev–Trinajstić information content (AvgIpc) is 3.29. The summed E-state index contributed by atoms with van der Waals surface area (Å²) in [5, 5.41) is 19.0. The zero-order valence-electron chi connectivity index (χ0n) is 15.0. The van der Waals surface area contributed by atoms with E-state index < -0.39 is 0 Å². The second-order valence-electron chi connectivity index (χ2n) is 6.42. The molecule has 0 saturated heterocycles. The maximum atomic E-state index is 6.10. The molecule has 2 heterocycles. The Bertz CT molecular complexity index is 1300. The summed E-state index contributed by atoms with van der Waals surface area (Å²) in [7, 11) is 0. The van der Waals surface area contributed by atoms with Crippen molar-refractivity contribution in [1.29, 1.82) is 0 Å². The van der Waals surface area contributed by atoms with E-state index in [0.29, 0.717) is 10.8 Å². The van der Waals surface area contributed by atoms with Crippen molar-refractivity contribution in [2.45, 2.75) is 0 Å². The van der Waals surface area contributed by atoms with Crippen molar-refractivity contribution in [3.05, 3.63) is 78.1 Å². The van der Waals surface area contributed by atoms with Gasteiger partial charge in [-0.15, -0.1) is 5.10 Å². The van der Waals surface area contributed by atoms with Gasteiger partial charge in [0, 0.05) is 21.7 Å². The lowest BCUT2D eigenvalue weighted by atomic mass is 10.0. The second kappa shape index (κ2) is 7.29. The highest BCUT2D eigenvalue weighted by Crippen LogP contribution is 2.30. The molecule has 0 aliphatic rings. The Kier molecular flexibility index (Phi) is 4.34. The van der Waals surface area contributed by atoms with Crippen molar-refractivity contribution < 1.29 is 0 Å². The van der Waals surface area contributed by atoms with Crippen LogP contribution in [0.4, 0.5) is 11.5 Å². The number of aromatic nitrogens is 6. The van der Waals surface area contributed by atoms with Crippen LogP contribution in [-0.2, 0) is 0 Å².